The van der Waals surface area contributed by atoms with Crippen LogP contribution in [0.2, 0.25) is 0 Å². The molecule has 0 saturated heterocycles. The lowest BCUT2D eigenvalue weighted by molar-refractivity contribution is 0.318. The minimum Gasteiger partial charge on any atom is -0.489 e. The molecule has 1 saturated carbocycles. The van der Waals surface area contributed by atoms with Crippen molar-refractivity contribution in [2.45, 2.75) is 25.0 Å². The zero-order valence-corrected chi connectivity index (χ0v) is 15.1. The summed E-state index contributed by atoms with van der Waals surface area (Å²) in [6, 6.07) is 9.26. The Kier molecular flexibility index (Phi) is 3.38. The second-order valence-corrected chi connectivity index (χ2v) is 7.32. The van der Waals surface area contributed by atoms with Crippen LogP contribution in [0.5, 0.6) is 5.75 Å². The summed E-state index contributed by atoms with van der Waals surface area (Å²) in [5.41, 5.74) is 3.67. The Morgan fingerprint density at radius 2 is 2.00 bits per heavy atom. The highest BCUT2D eigenvalue weighted by atomic mass is 19.1. The Bertz CT molecular complexity index is 1250. The summed E-state index contributed by atoms with van der Waals surface area (Å²) in [7, 11) is 0. The standard InChI is InChI=1S/C21H15F2N5O/c22-12-3-1-11(2-4-12)14-8-24-21(28-10-26-27-20(14)28)25-9-15-16(23)5-6-17-19(15)13-7-18(13)29-17/h1-6,8,10,13,18H,7,9H2,(H,24,25). The van der Waals surface area contributed by atoms with Gasteiger partial charge in [0.2, 0.25) is 5.95 Å². The fourth-order valence-corrected chi connectivity index (χ4v) is 4.02. The Balaban J connectivity index is 1.35. The van der Waals surface area contributed by atoms with Gasteiger partial charge in [-0.05, 0) is 36.2 Å². The van der Waals surface area contributed by atoms with E-state index in [9.17, 15) is 8.78 Å². The number of hydrogen-bond acceptors (Lipinski definition) is 5. The zero-order valence-electron chi connectivity index (χ0n) is 15.1. The van der Waals surface area contributed by atoms with Crippen molar-refractivity contribution in [3.63, 3.8) is 0 Å². The highest BCUT2D eigenvalue weighted by Crippen LogP contribution is 2.55. The maximum atomic E-state index is 14.5. The van der Waals surface area contributed by atoms with E-state index in [4.69, 9.17) is 4.74 Å². The number of nitrogens with one attached hydrogen (secondary N) is 1. The minimum atomic E-state index is -0.309. The number of fused-ring (bicyclic) bond motifs is 4. The van der Waals surface area contributed by atoms with Crippen LogP contribution in [-0.2, 0) is 6.54 Å². The van der Waals surface area contributed by atoms with Gasteiger partial charge in [-0.15, -0.1) is 10.2 Å². The molecular weight excluding hydrogens is 376 g/mol. The second-order valence-electron chi connectivity index (χ2n) is 7.32. The first-order chi connectivity index (χ1) is 14.2. The van der Waals surface area contributed by atoms with Crippen LogP contribution in [0.15, 0.2) is 48.9 Å². The Hall–Kier alpha value is -3.55. The van der Waals surface area contributed by atoms with Gasteiger partial charge in [0.1, 0.15) is 29.8 Å². The first-order valence-corrected chi connectivity index (χ1v) is 9.35. The zero-order chi connectivity index (χ0) is 19.5. The van der Waals surface area contributed by atoms with E-state index in [0.29, 0.717) is 23.1 Å². The predicted molar refractivity (Wildman–Crippen MR) is 102 cm³/mol. The van der Waals surface area contributed by atoms with Crippen LogP contribution >= 0.6 is 0 Å². The molecule has 4 aromatic rings. The first-order valence-electron chi connectivity index (χ1n) is 9.35. The van der Waals surface area contributed by atoms with Crippen LogP contribution < -0.4 is 10.1 Å². The van der Waals surface area contributed by atoms with E-state index in [2.05, 4.69) is 20.5 Å². The third kappa shape index (κ3) is 2.55. The average molecular weight is 391 g/mol. The number of anilines is 1. The fourth-order valence-electron chi connectivity index (χ4n) is 4.02. The lowest BCUT2D eigenvalue weighted by atomic mass is 10.0. The number of hydrogen-bond donors (Lipinski definition) is 1. The van der Waals surface area contributed by atoms with Crippen molar-refractivity contribution < 1.29 is 13.5 Å². The minimum absolute atomic E-state index is 0.197. The van der Waals surface area contributed by atoms with Crippen LogP contribution in [0, 0.1) is 11.6 Å². The maximum Gasteiger partial charge on any atom is 0.210 e. The number of aromatic nitrogens is 4. The normalized spacial score (nSPS) is 19.0. The van der Waals surface area contributed by atoms with Crippen LogP contribution in [0.25, 0.3) is 16.8 Å². The molecule has 1 aliphatic heterocycles. The van der Waals surface area contributed by atoms with Gasteiger partial charge >= 0.3 is 0 Å². The Labute approximate surface area is 164 Å². The van der Waals surface area contributed by atoms with Crippen molar-refractivity contribution >= 4 is 11.6 Å². The van der Waals surface area contributed by atoms with Crippen molar-refractivity contribution in [3.05, 3.63) is 71.7 Å². The molecule has 3 heterocycles. The molecule has 2 unspecified atom stereocenters. The highest BCUT2D eigenvalue weighted by Gasteiger charge is 2.49. The second kappa shape index (κ2) is 5.97. The van der Waals surface area contributed by atoms with Gasteiger partial charge in [0, 0.05) is 35.3 Å². The Morgan fingerprint density at radius 3 is 2.86 bits per heavy atom. The molecule has 0 amide bonds. The van der Waals surface area contributed by atoms with E-state index in [1.165, 1.54) is 18.2 Å². The molecule has 2 aromatic carbocycles. The molecule has 0 radical (unpaired) electrons. The SMILES string of the molecule is Fc1ccc(-c2cnc(NCc3c(F)ccc4c3C3CC3O4)n3cnnc23)cc1. The van der Waals surface area contributed by atoms with Crippen LogP contribution in [0.1, 0.15) is 23.5 Å². The molecule has 2 aromatic heterocycles. The molecule has 6 nitrogen and oxygen atoms in total. The smallest absolute Gasteiger partial charge is 0.210 e. The Morgan fingerprint density at radius 1 is 1.14 bits per heavy atom. The quantitative estimate of drug-likeness (QED) is 0.571. The van der Waals surface area contributed by atoms with Crippen molar-refractivity contribution in [1.29, 1.82) is 0 Å². The van der Waals surface area contributed by atoms with Gasteiger partial charge < -0.3 is 10.1 Å². The van der Waals surface area contributed by atoms with Crippen molar-refractivity contribution in [2.75, 3.05) is 5.32 Å². The predicted octanol–water partition coefficient (Wildman–Crippen LogP) is 3.93. The van der Waals surface area contributed by atoms with E-state index in [-0.39, 0.29) is 24.3 Å². The van der Waals surface area contributed by atoms with E-state index < -0.39 is 0 Å². The van der Waals surface area contributed by atoms with Gasteiger partial charge in [0.25, 0.3) is 0 Å². The van der Waals surface area contributed by atoms with E-state index >= 15 is 0 Å². The highest BCUT2D eigenvalue weighted by molar-refractivity contribution is 5.77. The molecule has 0 bridgehead atoms. The van der Waals surface area contributed by atoms with Gasteiger partial charge in [-0.1, -0.05) is 12.1 Å². The largest absolute Gasteiger partial charge is 0.489 e. The van der Waals surface area contributed by atoms with E-state index in [0.717, 1.165) is 28.9 Å². The number of halogens is 2. The number of rotatable bonds is 4. The number of nitrogens with zero attached hydrogens (tertiary/aromatic N) is 4. The lowest BCUT2D eigenvalue weighted by Crippen LogP contribution is -2.10. The summed E-state index contributed by atoms with van der Waals surface area (Å²) in [4.78, 5) is 4.47. The number of ether oxygens (including phenoxy) is 1. The van der Waals surface area contributed by atoms with Crippen molar-refractivity contribution in [3.8, 4) is 16.9 Å². The summed E-state index contributed by atoms with van der Waals surface area (Å²) >= 11 is 0. The van der Waals surface area contributed by atoms with Crippen molar-refractivity contribution in [2.24, 2.45) is 0 Å². The molecule has 0 spiro atoms. The molecule has 1 fully saturated rings. The van der Waals surface area contributed by atoms with Gasteiger partial charge in [-0.25, -0.2) is 13.8 Å². The summed E-state index contributed by atoms with van der Waals surface area (Å²) in [6.07, 6.45) is 4.35. The van der Waals surface area contributed by atoms with Gasteiger partial charge in [-0.3, -0.25) is 4.40 Å². The molecule has 144 valence electrons. The fraction of sp³-hybridized carbons (Fsp3) is 0.190. The molecule has 6 rings (SSSR count). The average Bonchev–Trinajstić information content (AvgIpc) is 3.14. The third-order valence-electron chi connectivity index (χ3n) is 5.55. The summed E-state index contributed by atoms with van der Waals surface area (Å²) < 4.78 is 35.3. The third-order valence-corrected chi connectivity index (χ3v) is 5.55. The van der Waals surface area contributed by atoms with Gasteiger partial charge in [0.05, 0.1) is 0 Å². The first kappa shape index (κ1) is 16.4. The summed E-state index contributed by atoms with van der Waals surface area (Å²) in [5, 5.41) is 11.4. The lowest BCUT2D eigenvalue weighted by Gasteiger charge is -2.13. The topological polar surface area (TPSA) is 64.3 Å². The molecule has 2 atom stereocenters. The van der Waals surface area contributed by atoms with Crippen LogP contribution in [-0.4, -0.2) is 25.7 Å². The summed E-state index contributed by atoms with van der Waals surface area (Å²) in [6.45, 7) is 0.276. The van der Waals surface area contributed by atoms with E-state index in [1.54, 1.807) is 35.1 Å². The van der Waals surface area contributed by atoms with Gasteiger partial charge in [0.15, 0.2) is 5.65 Å². The van der Waals surface area contributed by atoms with E-state index in [1.807, 2.05) is 0 Å². The molecule has 1 aliphatic carbocycles. The van der Waals surface area contributed by atoms with Gasteiger partial charge in [-0.2, -0.15) is 0 Å². The van der Waals surface area contributed by atoms with Crippen LogP contribution in [0.3, 0.4) is 0 Å². The maximum absolute atomic E-state index is 14.5. The molecule has 8 heteroatoms. The van der Waals surface area contributed by atoms with Crippen LogP contribution in [0.4, 0.5) is 14.7 Å². The number of benzene rings is 2. The summed E-state index contributed by atoms with van der Waals surface area (Å²) in [5.74, 6) is 1.01. The molecule has 1 N–H and O–H groups in total. The van der Waals surface area contributed by atoms with Crippen molar-refractivity contribution in [1.82, 2.24) is 19.6 Å². The molecular formula is C21H15F2N5O. The molecule has 2 aliphatic rings. The monoisotopic (exact) mass is 391 g/mol. The molecule has 29 heavy (non-hydrogen) atoms.